The molecule has 0 aromatic heterocycles. The maximum absolute atomic E-state index is 2.62. The second-order valence-electron chi connectivity index (χ2n) is 20.9. The van der Waals surface area contributed by atoms with E-state index in [0.717, 1.165) is 0 Å². The smallest absolute Gasteiger partial charge is 0.0468 e. The van der Waals surface area contributed by atoms with E-state index in [2.05, 4.69) is 229 Å². The number of anilines is 3. The summed E-state index contributed by atoms with van der Waals surface area (Å²) >= 11 is 0. The van der Waals surface area contributed by atoms with Gasteiger partial charge >= 0.3 is 0 Å². The van der Waals surface area contributed by atoms with Gasteiger partial charge in [0.1, 0.15) is 0 Å². The van der Waals surface area contributed by atoms with Crippen LogP contribution in [-0.2, 0) is 10.8 Å². The molecule has 0 radical (unpaired) electrons. The Morgan fingerprint density at radius 3 is 1.25 bits per heavy atom. The fourth-order valence-electron chi connectivity index (χ4n) is 14.5. The van der Waals surface area contributed by atoms with Gasteiger partial charge in [-0.05, 0) is 178 Å². The van der Waals surface area contributed by atoms with Crippen molar-refractivity contribution in [2.75, 3.05) is 4.90 Å². The lowest BCUT2D eigenvalue weighted by atomic mass is 9.76. The molecule has 1 heteroatoms. The minimum Gasteiger partial charge on any atom is -0.310 e. The maximum Gasteiger partial charge on any atom is 0.0468 e. The van der Waals surface area contributed by atoms with Gasteiger partial charge < -0.3 is 4.90 Å². The van der Waals surface area contributed by atoms with Gasteiger partial charge in [0.15, 0.2) is 0 Å². The number of benzene rings is 11. The van der Waals surface area contributed by atoms with E-state index in [1.54, 1.807) is 0 Å². The minimum atomic E-state index is 0.0559. The van der Waals surface area contributed by atoms with E-state index >= 15 is 0 Å². The molecule has 0 atom stereocenters. The van der Waals surface area contributed by atoms with Gasteiger partial charge in [0.05, 0.1) is 0 Å². The molecule has 2 spiro atoms. The Morgan fingerprint density at radius 1 is 0.268 bits per heavy atom. The number of hydrogen-bond donors (Lipinski definition) is 0. The number of rotatable bonds is 6. The molecule has 0 unspecified atom stereocenters. The molecule has 2 saturated carbocycles. The van der Waals surface area contributed by atoms with Crippen LogP contribution in [0.2, 0.25) is 0 Å². The fourth-order valence-corrected chi connectivity index (χ4v) is 14.5. The summed E-state index contributed by atoms with van der Waals surface area (Å²) in [6, 6.07) is 85.8. The highest BCUT2D eigenvalue weighted by Crippen LogP contribution is 2.60. The van der Waals surface area contributed by atoms with Gasteiger partial charge in [-0.2, -0.15) is 0 Å². The number of hydrogen-bond acceptors (Lipinski definition) is 1. The second kappa shape index (κ2) is 15.8. The standard InChI is InChI=1S/C70H53N/c1-4-20-46(21-5-1)59-45-60(47-22-6-2-7-23-47)67-57-29-11-10-26-52(57)61-42-49(34-37-58(61)68(67)66(59)48-24-8-3-9-25-48)71(50-32-35-55-53-27-12-14-30-62(53)69(64(55)43-50)38-16-17-39-69)51-33-36-56-54-28-13-15-31-63(54)70(65(56)44-51)40-18-19-41-70/h1-15,20-37,42-45H,16-19,38-41H2. The predicted molar refractivity (Wildman–Crippen MR) is 299 cm³/mol. The van der Waals surface area contributed by atoms with Crippen LogP contribution in [0.3, 0.4) is 0 Å². The average molecular weight is 908 g/mol. The van der Waals surface area contributed by atoms with Crippen LogP contribution in [-0.4, -0.2) is 0 Å². The molecular formula is C70H53N. The third kappa shape index (κ3) is 5.93. The van der Waals surface area contributed by atoms with Crippen LogP contribution in [0.25, 0.3) is 88.0 Å². The zero-order valence-corrected chi connectivity index (χ0v) is 40.0. The van der Waals surface area contributed by atoms with Crippen molar-refractivity contribution in [2.24, 2.45) is 0 Å². The van der Waals surface area contributed by atoms with E-state index in [0.29, 0.717) is 0 Å². The lowest BCUT2D eigenvalue weighted by molar-refractivity contribution is 0.549. The molecule has 1 nitrogen and oxygen atoms in total. The third-order valence-corrected chi connectivity index (χ3v) is 17.5. The molecule has 11 aromatic carbocycles. The molecule has 11 aromatic rings. The molecular weight excluding hydrogens is 855 g/mol. The van der Waals surface area contributed by atoms with E-state index < -0.39 is 0 Å². The lowest BCUT2D eigenvalue weighted by Crippen LogP contribution is -2.22. The van der Waals surface area contributed by atoms with E-state index in [1.165, 1.54) is 179 Å². The summed E-state index contributed by atoms with van der Waals surface area (Å²) in [5.41, 5.74) is 22.9. The van der Waals surface area contributed by atoms with Crippen LogP contribution in [0.15, 0.2) is 224 Å². The number of nitrogens with zero attached hydrogens (tertiary/aromatic N) is 1. The summed E-state index contributed by atoms with van der Waals surface area (Å²) in [7, 11) is 0. The van der Waals surface area contributed by atoms with Gasteiger partial charge in [0.25, 0.3) is 0 Å². The van der Waals surface area contributed by atoms with Gasteiger partial charge in [-0.15, -0.1) is 0 Å². The molecule has 4 aliphatic carbocycles. The molecule has 71 heavy (non-hydrogen) atoms. The molecule has 0 amide bonds. The zero-order valence-electron chi connectivity index (χ0n) is 40.0. The van der Waals surface area contributed by atoms with Crippen molar-refractivity contribution in [2.45, 2.75) is 62.2 Å². The van der Waals surface area contributed by atoms with Crippen molar-refractivity contribution in [1.82, 2.24) is 0 Å². The van der Waals surface area contributed by atoms with E-state index in [1.807, 2.05) is 0 Å². The molecule has 338 valence electrons. The molecule has 0 saturated heterocycles. The normalized spacial score (nSPS) is 15.7. The van der Waals surface area contributed by atoms with Gasteiger partial charge in [-0.25, -0.2) is 0 Å². The minimum absolute atomic E-state index is 0.0559. The van der Waals surface area contributed by atoms with Crippen molar-refractivity contribution in [1.29, 1.82) is 0 Å². The van der Waals surface area contributed by atoms with E-state index in [9.17, 15) is 0 Å². The molecule has 0 bridgehead atoms. The first-order valence-electron chi connectivity index (χ1n) is 26.1. The predicted octanol–water partition coefficient (Wildman–Crippen LogP) is 19.3. The van der Waals surface area contributed by atoms with Crippen LogP contribution in [0.4, 0.5) is 17.1 Å². The molecule has 0 heterocycles. The van der Waals surface area contributed by atoms with Crippen molar-refractivity contribution >= 4 is 49.4 Å². The van der Waals surface area contributed by atoms with Crippen molar-refractivity contribution < 1.29 is 0 Å². The molecule has 4 aliphatic rings. The Kier molecular flexibility index (Phi) is 9.06. The van der Waals surface area contributed by atoms with Crippen molar-refractivity contribution in [3.8, 4) is 55.6 Å². The van der Waals surface area contributed by atoms with Crippen molar-refractivity contribution in [3.63, 3.8) is 0 Å². The molecule has 2 fully saturated rings. The topological polar surface area (TPSA) is 3.24 Å². The van der Waals surface area contributed by atoms with Crippen LogP contribution in [0, 0.1) is 0 Å². The maximum atomic E-state index is 2.62. The van der Waals surface area contributed by atoms with Crippen molar-refractivity contribution in [3.05, 3.63) is 247 Å². The first-order valence-corrected chi connectivity index (χ1v) is 26.1. The zero-order chi connectivity index (χ0) is 46.7. The Morgan fingerprint density at radius 2 is 0.690 bits per heavy atom. The molecule has 0 aliphatic heterocycles. The van der Waals surface area contributed by atoms with Crippen LogP contribution >= 0.6 is 0 Å². The van der Waals surface area contributed by atoms with Crippen LogP contribution in [0.5, 0.6) is 0 Å². The Labute approximate surface area is 416 Å². The number of fused-ring (bicyclic) bond motifs is 16. The highest BCUT2D eigenvalue weighted by atomic mass is 15.1. The van der Waals surface area contributed by atoms with Gasteiger partial charge in [-0.3, -0.25) is 0 Å². The van der Waals surface area contributed by atoms with Gasteiger partial charge in [0, 0.05) is 27.9 Å². The summed E-state index contributed by atoms with van der Waals surface area (Å²) in [5, 5.41) is 7.65. The summed E-state index contributed by atoms with van der Waals surface area (Å²) in [6.07, 6.45) is 9.88. The Bertz CT molecular complexity index is 3810. The summed E-state index contributed by atoms with van der Waals surface area (Å²) in [6.45, 7) is 0. The van der Waals surface area contributed by atoms with E-state index in [-0.39, 0.29) is 10.8 Å². The lowest BCUT2D eigenvalue weighted by Gasteiger charge is -2.32. The third-order valence-electron chi connectivity index (χ3n) is 17.5. The fraction of sp³-hybridized carbons (Fsp3) is 0.143. The summed E-state index contributed by atoms with van der Waals surface area (Å²) in [5.74, 6) is 0. The summed E-state index contributed by atoms with van der Waals surface area (Å²) < 4.78 is 0. The summed E-state index contributed by atoms with van der Waals surface area (Å²) in [4.78, 5) is 2.62. The second-order valence-corrected chi connectivity index (χ2v) is 20.9. The first kappa shape index (κ1) is 40.8. The highest BCUT2D eigenvalue weighted by Gasteiger charge is 2.47. The average Bonchev–Trinajstić information content (AvgIpc) is 4.25. The molecule has 15 rings (SSSR count). The quantitative estimate of drug-likeness (QED) is 0.150. The SMILES string of the molecule is c1ccc(-c2cc(-c3ccccc3)c3c4ccccc4c4cc(N(c5ccc6c(c5)C5(CCCC5)c5ccccc5-6)c5ccc6c(c5)C5(CCCC5)c5ccccc5-6)ccc4c3c2-c2ccccc2)cc1. The monoisotopic (exact) mass is 907 g/mol. The van der Waals surface area contributed by atoms with E-state index in [4.69, 9.17) is 0 Å². The van der Waals surface area contributed by atoms with Gasteiger partial charge in [-0.1, -0.05) is 208 Å². The van der Waals surface area contributed by atoms with Crippen LogP contribution in [0.1, 0.15) is 73.6 Å². The Hall–Kier alpha value is -8.00. The van der Waals surface area contributed by atoms with Gasteiger partial charge in [0.2, 0.25) is 0 Å². The largest absolute Gasteiger partial charge is 0.310 e. The van der Waals surface area contributed by atoms with Crippen LogP contribution < -0.4 is 4.90 Å². The Balaban J connectivity index is 1.03. The highest BCUT2D eigenvalue weighted by molar-refractivity contribution is 6.33. The molecule has 0 N–H and O–H groups in total. The first-order chi connectivity index (χ1) is 35.2.